The number of rotatable bonds is 9. The second-order valence-electron chi connectivity index (χ2n) is 8.54. The molecule has 1 aliphatic carbocycles. The Balaban J connectivity index is 0.00000101. The monoisotopic (exact) mass is 408 g/mol. The predicted octanol–water partition coefficient (Wildman–Crippen LogP) is 6.71. The SMILES string of the molecule is CC#N.CC(C)N(CCCc1ccc(C2CCC(F)C2)cc1)CCc1ccccc1. The van der Waals surface area contributed by atoms with Crippen LogP contribution in [0.3, 0.4) is 0 Å². The quantitative estimate of drug-likeness (QED) is 0.461. The topological polar surface area (TPSA) is 27.0 Å². The molecule has 2 atom stereocenters. The van der Waals surface area contributed by atoms with Crippen LogP contribution < -0.4 is 0 Å². The standard InChI is InChI=1S/C25H34FN.C2H3N/c1-20(2)27(18-16-21-7-4-3-5-8-21)17-6-9-22-10-12-23(13-11-22)24-14-15-25(26)19-24;1-2-3/h3-5,7-8,10-13,20,24-25H,6,9,14-19H2,1-2H3;1H3. The van der Waals surface area contributed by atoms with E-state index in [9.17, 15) is 4.39 Å². The van der Waals surface area contributed by atoms with Crippen molar-refractivity contribution in [1.29, 1.82) is 5.26 Å². The third-order valence-corrected chi connectivity index (χ3v) is 5.99. The Morgan fingerprint density at radius 3 is 2.17 bits per heavy atom. The predicted molar refractivity (Wildman–Crippen MR) is 124 cm³/mol. The van der Waals surface area contributed by atoms with Gasteiger partial charge in [0.15, 0.2) is 0 Å². The summed E-state index contributed by atoms with van der Waals surface area (Å²) in [6, 6.07) is 22.1. The second kappa shape index (κ2) is 13.2. The van der Waals surface area contributed by atoms with E-state index in [2.05, 4.69) is 73.3 Å². The van der Waals surface area contributed by atoms with Crippen LogP contribution in [0.4, 0.5) is 4.39 Å². The highest BCUT2D eigenvalue weighted by molar-refractivity contribution is 5.26. The highest BCUT2D eigenvalue weighted by atomic mass is 19.1. The molecule has 0 N–H and O–H groups in total. The zero-order chi connectivity index (χ0) is 21.8. The largest absolute Gasteiger partial charge is 0.301 e. The number of hydrogen-bond acceptors (Lipinski definition) is 2. The Labute approximate surface area is 182 Å². The van der Waals surface area contributed by atoms with Gasteiger partial charge in [0, 0.05) is 19.5 Å². The zero-order valence-electron chi connectivity index (χ0n) is 18.9. The van der Waals surface area contributed by atoms with Gasteiger partial charge in [0.2, 0.25) is 0 Å². The van der Waals surface area contributed by atoms with E-state index in [1.165, 1.54) is 30.0 Å². The van der Waals surface area contributed by atoms with E-state index in [0.29, 0.717) is 18.4 Å². The molecule has 0 heterocycles. The molecule has 2 aromatic rings. The molecule has 2 aromatic carbocycles. The van der Waals surface area contributed by atoms with Gasteiger partial charge in [-0.3, -0.25) is 0 Å². The van der Waals surface area contributed by atoms with Crippen molar-refractivity contribution < 1.29 is 4.39 Å². The summed E-state index contributed by atoms with van der Waals surface area (Å²) in [6.45, 7) is 8.27. The van der Waals surface area contributed by atoms with Crippen LogP contribution in [-0.4, -0.2) is 30.2 Å². The van der Waals surface area contributed by atoms with Crippen molar-refractivity contribution in [3.63, 3.8) is 0 Å². The molecule has 0 aromatic heterocycles. The maximum absolute atomic E-state index is 13.4. The van der Waals surface area contributed by atoms with Crippen LogP contribution in [0.2, 0.25) is 0 Å². The molecule has 0 saturated heterocycles. The molecular formula is C27H37FN2. The van der Waals surface area contributed by atoms with Gasteiger partial charge in [-0.15, -0.1) is 0 Å². The average Bonchev–Trinajstić information content (AvgIpc) is 3.18. The summed E-state index contributed by atoms with van der Waals surface area (Å²) in [6.07, 6.45) is 5.28. The maximum Gasteiger partial charge on any atom is 0.101 e. The fraction of sp³-hybridized carbons (Fsp3) is 0.519. The lowest BCUT2D eigenvalue weighted by Crippen LogP contribution is -2.34. The minimum absolute atomic E-state index is 0.434. The first-order valence-corrected chi connectivity index (χ1v) is 11.3. The lowest BCUT2D eigenvalue weighted by atomic mass is 9.96. The van der Waals surface area contributed by atoms with Crippen molar-refractivity contribution >= 4 is 0 Å². The summed E-state index contributed by atoms with van der Waals surface area (Å²) >= 11 is 0. The molecular weight excluding hydrogens is 371 g/mol. The maximum atomic E-state index is 13.4. The molecule has 0 aliphatic heterocycles. The van der Waals surface area contributed by atoms with Crippen molar-refractivity contribution in [1.82, 2.24) is 4.90 Å². The third kappa shape index (κ3) is 8.28. The average molecular weight is 409 g/mol. The summed E-state index contributed by atoms with van der Waals surface area (Å²) in [4.78, 5) is 2.58. The molecule has 30 heavy (non-hydrogen) atoms. The van der Waals surface area contributed by atoms with Crippen molar-refractivity contribution in [2.75, 3.05) is 13.1 Å². The van der Waals surface area contributed by atoms with Gasteiger partial charge >= 0.3 is 0 Å². The number of alkyl halides is 1. The first-order valence-electron chi connectivity index (χ1n) is 11.3. The Morgan fingerprint density at radius 2 is 1.60 bits per heavy atom. The van der Waals surface area contributed by atoms with Crippen LogP contribution in [0.15, 0.2) is 54.6 Å². The van der Waals surface area contributed by atoms with E-state index in [4.69, 9.17) is 5.26 Å². The summed E-state index contributed by atoms with van der Waals surface area (Å²) in [5, 5.41) is 7.32. The molecule has 0 spiro atoms. The third-order valence-electron chi connectivity index (χ3n) is 5.99. The van der Waals surface area contributed by atoms with Gasteiger partial charge in [-0.1, -0.05) is 54.6 Å². The number of nitriles is 1. The van der Waals surface area contributed by atoms with Gasteiger partial charge in [-0.25, -0.2) is 4.39 Å². The number of benzene rings is 2. The number of hydrogen-bond donors (Lipinski definition) is 0. The summed E-state index contributed by atoms with van der Waals surface area (Å²) in [5.74, 6) is 0.434. The van der Waals surface area contributed by atoms with Crippen LogP contribution >= 0.6 is 0 Å². The van der Waals surface area contributed by atoms with E-state index in [1.807, 2.05) is 0 Å². The van der Waals surface area contributed by atoms with Crippen LogP contribution in [0, 0.1) is 11.3 Å². The normalized spacial score (nSPS) is 18.2. The number of halogens is 1. The molecule has 0 bridgehead atoms. The number of aryl methyl sites for hydroxylation is 1. The van der Waals surface area contributed by atoms with Gasteiger partial charge in [-0.2, -0.15) is 5.26 Å². The van der Waals surface area contributed by atoms with Crippen LogP contribution in [0.5, 0.6) is 0 Å². The molecule has 2 unspecified atom stereocenters. The van der Waals surface area contributed by atoms with Crippen LogP contribution in [0.25, 0.3) is 0 Å². The Morgan fingerprint density at radius 1 is 0.967 bits per heavy atom. The summed E-state index contributed by atoms with van der Waals surface area (Å²) < 4.78 is 13.4. The van der Waals surface area contributed by atoms with Crippen LogP contribution in [0.1, 0.15) is 69.1 Å². The fourth-order valence-corrected chi connectivity index (χ4v) is 4.22. The van der Waals surface area contributed by atoms with Crippen LogP contribution in [-0.2, 0) is 12.8 Å². The van der Waals surface area contributed by atoms with E-state index in [0.717, 1.165) is 38.8 Å². The van der Waals surface area contributed by atoms with E-state index in [1.54, 1.807) is 6.07 Å². The van der Waals surface area contributed by atoms with Crippen molar-refractivity contribution in [3.05, 3.63) is 71.3 Å². The smallest absolute Gasteiger partial charge is 0.101 e. The van der Waals surface area contributed by atoms with Crippen molar-refractivity contribution in [3.8, 4) is 6.07 Å². The highest BCUT2D eigenvalue weighted by Gasteiger charge is 2.25. The molecule has 162 valence electrons. The minimum Gasteiger partial charge on any atom is -0.301 e. The molecule has 3 rings (SSSR count). The molecule has 1 saturated carbocycles. The fourth-order valence-electron chi connectivity index (χ4n) is 4.22. The molecule has 3 heteroatoms. The molecule has 1 fully saturated rings. The molecule has 0 radical (unpaired) electrons. The van der Waals surface area contributed by atoms with E-state index in [-0.39, 0.29) is 0 Å². The summed E-state index contributed by atoms with van der Waals surface area (Å²) in [5.41, 5.74) is 4.15. The van der Waals surface area contributed by atoms with Gasteiger partial charge < -0.3 is 4.90 Å². The Hall–Kier alpha value is -2.18. The van der Waals surface area contributed by atoms with Gasteiger partial charge in [0.25, 0.3) is 0 Å². The highest BCUT2D eigenvalue weighted by Crippen LogP contribution is 2.36. The van der Waals surface area contributed by atoms with Gasteiger partial charge in [0.05, 0.1) is 6.07 Å². The second-order valence-corrected chi connectivity index (χ2v) is 8.54. The van der Waals surface area contributed by atoms with Crippen molar-refractivity contribution in [2.45, 2.75) is 77.4 Å². The first-order chi connectivity index (χ1) is 14.5. The Kier molecular flexibility index (Phi) is 10.6. The first kappa shape index (κ1) is 24.1. The van der Waals surface area contributed by atoms with E-state index < -0.39 is 6.17 Å². The molecule has 0 amide bonds. The van der Waals surface area contributed by atoms with E-state index >= 15 is 0 Å². The van der Waals surface area contributed by atoms with Gasteiger partial charge in [-0.05, 0) is 81.5 Å². The molecule has 1 aliphatic rings. The summed E-state index contributed by atoms with van der Waals surface area (Å²) in [7, 11) is 0. The van der Waals surface area contributed by atoms with Gasteiger partial charge in [0.1, 0.15) is 6.17 Å². The molecule has 2 nitrogen and oxygen atoms in total. The van der Waals surface area contributed by atoms with Crippen molar-refractivity contribution in [2.24, 2.45) is 0 Å². The Bertz CT molecular complexity index is 749. The zero-order valence-corrected chi connectivity index (χ0v) is 18.9. The lowest BCUT2D eigenvalue weighted by molar-refractivity contribution is 0.222. The number of nitrogens with zero attached hydrogens (tertiary/aromatic N) is 2. The lowest BCUT2D eigenvalue weighted by Gasteiger charge is -2.26. The minimum atomic E-state index is -0.590.